The van der Waals surface area contributed by atoms with Crippen molar-refractivity contribution in [3.05, 3.63) is 83.3 Å². The quantitative estimate of drug-likeness (QED) is 0.499. The Kier molecular flexibility index (Phi) is 6.96. The molecule has 0 aliphatic carbocycles. The van der Waals surface area contributed by atoms with Crippen LogP contribution in [0.1, 0.15) is 16.1 Å². The number of carbonyl (C=O) groups excluding carboxylic acids is 1. The smallest absolute Gasteiger partial charge is 0.272 e. The van der Waals surface area contributed by atoms with Gasteiger partial charge in [-0.25, -0.2) is 17.8 Å². The summed E-state index contributed by atoms with van der Waals surface area (Å²) in [6.07, 6.45) is 4.92. The van der Waals surface area contributed by atoms with E-state index in [1.54, 1.807) is 27.7 Å². The number of aromatic nitrogens is 2. The minimum atomic E-state index is -3.59. The van der Waals surface area contributed by atoms with Gasteiger partial charge in [0.25, 0.3) is 5.91 Å². The molecule has 172 valence electrons. The number of benzene rings is 2. The van der Waals surface area contributed by atoms with Crippen molar-refractivity contribution in [2.24, 2.45) is 0 Å². The van der Waals surface area contributed by atoms with Crippen LogP contribution < -0.4 is 0 Å². The Morgan fingerprint density at radius 2 is 1.70 bits per heavy atom. The second kappa shape index (κ2) is 9.90. The predicted octanol–water partition coefficient (Wildman–Crippen LogP) is 3.49. The van der Waals surface area contributed by atoms with Crippen LogP contribution in [0.4, 0.5) is 4.39 Å². The first-order valence-electron chi connectivity index (χ1n) is 10.3. The second-order valence-corrected chi connectivity index (χ2v) is 9.98. The fourth-order valence-corrected chi connectivity index (χ4v) is 5.31. The molecule has 33 heavy (non-hydrogen) atoms. The van der Waals surface area contributed by atoms with Gasteiger partial charge in [-0.2, -0.15) is 4.31 Å². The van der Waals surface area contributed by atoms with E-state index in [0.717, 1.165) is 5.56 Å². The molecule has 0 spiro atoms. The van der Waals surface area contributed by atoms with Crippen LogP contribution in [0.2, 0.25) is 0 Å². The molecule has 0 unspecified atom stereocenters. The lowest BCUT2D eigenvalue weighted by Crippen LogP contribution is -2.50. The molecular formula is C23H23FN4O3S2. The molecule has 7 nitrogen and oxygen atoms in total. The van der Waals surface area contributed by atoms with Crippen LogP contribution in [0, 0.1) is 5.82 Å². The molecule has 1 fully saturated rings. The summed E-state index contributed by atoms with van der Waals surface area (Å²) in [5.41, 5.74) is 1.79. The Balaban J connectivity index is 1.47. The van der Waals surface area contributed by atoms with E-state index >= 15 is 0 Å². The zero-order valence-corrected chi connectivity index (χ0v) is 19.6. The van der Waals surface area contributed by atoms with Gasteiger partial charge in [0, 0.05) is 37.3 Å². The van der Waals surface area contributed by atoms with E-state index in [9.17, 15) is 17.6 Å². The number of carbonyl (C=O) groups is 1. The first-order chi connectivity index (χ1) is 15.9. The van der Waals surface area contributed by atoms with Crippen LogP contribution in [-0.2, 0) is 10.0 Å². The van der Waals surface area contributed by atoms with Gasteiger partial charge in [0.05, 0.1) is 6.20 Å². The molecule has 0 saturated carbocycles. The number of imidazole rings is 1. The summed E-state index contributed by atoms with van der Waals surface area (Å²) in [4.78, 5) is 19.2. The Morgan fingerprint density at radius 3 is 2.33 bits per heavy atom. The van der Waals surface area contributed by atoms with E-state index in [-0.39, 0.29) is 37.9 Å². The number of piperazine rings is 1. The SMILES string of the molecule is CSc1ncc(C(=O)N2CCN(S(=O)(=O)/C=C/c3ccccc3)CC2)n1-c1ccc(F)cc1. The molecule has 4 rings (SSSR count). The summed E-state index contributed by atoms with van der Waals surface area (Å²) < 4.78 is 41.9. The van der Waals surface area contributed by atoms with Crippen LogP contribution in [-0.4, -0.2) is 65.5 Å². The van der Waals surface area contributed by atoms with Gasteiger partial charge in [-0.05, 0) is 42.2 Å². The van der Waals surface area contributed by atoms with Crippen LogP contribution in [0.5, 0.6) is 0 Å². The van der Waals surface area contributed by atoms with Crippen molar-refractivity contribution in [2.45, 2.75) is 5.16 Å². The van der Waals surface area contributed by atoms with Gasteiger partial charge in [0.2, 0.25) is 10.0 Å². The van der Waals surface area contributed by atoms with E-state index in [4.69, 9.17) is 0 Å². The monoisotopic (exact) mass is 486 g/mol. The van der Waals surface area contributed by atoms with Crippen molar-refractivity contribution < 1.29 is 17.6 Å². The minimum absolute atomic E-state index is 0.202. The van der Waals surface area contributed by atoms with E-state index in [1.807, 2.05) is 36.6 Å². The average Bonchev–Trinajstić information content (AvgIpc) is 3.28. The molecule has 0 bridgehead atoms. The van der Waals surface area contributed by atoms with Gasteiger partial charge in [0.15, 0.2) is 5.16 Å². The fourth-order valence-electron chi connectivity index (χ4n) is 3.59. The number of hydrogen-bond donors (Lipinski definition) is 0. The van der Waals surface area contributed by atoms with Gasteiger partial charge < -0.3 is 4.90 Å². The predicted molar refractivity (Wildman–Crippen MR) is 127 cm³/mol. The summed E-state index contributed by atoms with van der Waals surface area (Å²) in [6.45, 7) is 0.932. The average molecular weight is 487 g/mol. The lowest BCUT2D eigenvalue weighted by Gasteiger charge is -2.33. The molecule has 0 N–H and O–H groups in total. The number of amides is 1. The summed E-state index contributed by atoms with van der Waals surface area (Å²) in [5, 5.41) is 1.81. The maximum Gasteiger partial charge on any atom is 0.272 e. The number of hydrogen-bond acceptors (Lipinski definition) is 5. The van der Waals surface area contributed by atoms with Crippen molar-refractivity contribution in [1.29, 1.82) is 0 Å². The van der Waals surface area contributed by atoms with E-state index in [1.165, 1.54) is 39.8 Å². The zero-order chi connectivity index (χ0) is 23.4. The van der Waals surface area contributed by atoms with Crippen LogP contribution in [0.25, 0.3) is 11.8 Å². The molecule has 3 aromatic rings. The number of nitrogens with zero attached hydrogens (tertiary/aromatic N) is 4. The van der Waals surface area contributed by atoms with E-state index < -0.39 is 10.0 Å². The molecular weight excluding hydrogens is 463 g/mol. The van der Waals surface area contributed by atoms with Gasteiger partial charge in [-0.3, -0.25) is 9.36 Å². The highest BCUT2D eigenvalue weighted by Crippen LogP contribution is 2.24. The number of thioether (sulfide) groups is 1. The maximum atomic E-state index is 13.4. The highest BCUT2D eigenvalue weighted by molar-refractivity contribution is 7.98. The van der Waals surface area contributed by atoms with Gasteiger partial charge in [-0.15, -0.1) is 0 Å². The maximum absolute atomic E-state index is 13.4. The van der Waals surface area contributed by atoms with Crippen molar-refractivity contribution >= 4 is 33.8 Å². The molecule has 0 atom stereocenters. The lowest BCUT2D eigenvalue weighted by molar-refractivity contribution is 0.0690. The topological polar surface area (TPSA) is 75.5 Å². The van der Waals surface area contributed by atoms with Gasteiger partial charge in [0.1, 0.15) is 11.5 Å². The Labute approximate surface area is 196 Å². The molecule has 0 radical (unpaired) electrons. The molecule has 2 aromatic carbocycles. The third kappa shape index (κ3) is 5.18. The Hall–Kier alpha value is -2.95. The van der Waals surface area contributed by atoms with Crippen molar-refractivity contribution in [2.75, 3.05) is 32.4 Å². The normalized spacial score (nSPS) is 15.3. The van der Waals surface area contributed by atoms with Crippen molar-refractivity contribution in [3.63, 3.8) is 0 Å². The highest BCUT2D eigenvalue weighted by Gasteiger charge is 2.30. The summed E-state index contributed by atoms with van der Waals surface area (Å²) >= 11 is 1.38. The summed E-state index contributed by atoms with van der Waals surface area (Å²) in [7, 11) is -3.59. The number of halogens is 1. The third-order valence-corrected chi connectivity index (χ3v) is 7.55. The Morgan fingerprint density at radius 1 is 1.03 bits per heavy atom. The van der Waals surface area contributed by atoms with Crippen LogP contribution in [0.15, 0.2) is 71.4 Å². The molecule has 10 heteroatoms. The molecule has 2 heterocycles. The van der Waals surface area contributed by atoms with Crippen molar-refractivity contribution in [1.82, 2.24) is 18.8 Å². The van der Waals surface area contributed by atoms with Crippen LogP contribution in [0.3, 0.4) is 0 Å². The van der Waals surface area contributed by atoms with Crippen LogP contribution >= 0.6 is 11.8 Å². The van der Waals surface area contributed by atoms with Gasteiger partial charge >= 0.3 is 0 Å². The largest absolute Gasteiger partial charge is 0.335 e. The van der Waals surface area contributed by atoms with E-state index in [2.05, 4.69) is 4.98 Å². The summed E-state index contributed by atoms with van der Waals surface area (Å²) in [6, 6.07) is 15.1. The molecule has 1 aromatic heterocycles. The van der Waals surface area contributed by atoms with Gasteiger partial charge in [-0.1, -0.05) is 42.1 Å². The standard InChI is InChI=1S/C23H23FN4O3S2/c1-32-23-25-17-21(28(23)20-9-7-19(24)8-10-20)22(29)26-12-14-27(15-13-26)33(30,31)16-11-18-5-3-2-4-6-18/h2-11,16-17H,12-15H2,1H3/b16-11+. The second-order valence-electron chi connectivity index (χ2n) is 7.39. The number of rotatable bonds is 6. The van der Waals surface area contributed by atoms with Crippen molar-refractivity contribution in [3.8, 4) is 5.69 Å². The lowest BCUT2D eigenvalue weighted by atomic mass is 10.2. The molecule has 1 aliphatic heterocycles. The third-order valence-electron chi connectivity index (χ3n) is 5.33. The number of sulfonamides is 1. The first kappa shape index (κ1) is 23.2. The zero-order valence-electron chi connectivity index (χ0n) is 18.0. The minimum Gasteiger partial charge on any atom is -0.335 e. The summed E-state index contributed by atoms with van der Waals surface area (Å²) in [5.74, 6) is -0.611. The Bertz CT molecular complexity index is 1250. The first-order valence-corrected chi connectivity index (χ1v) is 13.0. The highest BCUT2D eigenvalue weighted by atomic mass is 32.2. The van der Waals surface area contributed by atoms with E-state index in [0.29, 0.717) is 16.5 Å². The molecule has 1 aliphatic rings. The molecule has 1 amide bonds. The molecule has 1 saturated heterocycles. The fraction of sp³-hybridized carbons (Fsp3) is 0.217.